The summed E-state index contributed by atoms with van der Waals surface area (Å²) in [7, 11) is -2.48. The molecule has 2 aromatic carbocycles. The van der Waals surface area contributed by atoms with Crippen molar-refractivity contribution >= 4 is 38.9 Å². The van der Waals surface area contributed by atoms with Gasteiger partial charge in [0.25, 0.3) is 5.69 Å². The van der Waals surface area contributed by atoms with Crippen LogP contribution < -0.4 is 10.1 Å². The van der Waals surface area contributed by atoms with Gasteiger partial charge >= 0.3 is 0 Å². The Bertz CT molecular complexity index is 1070. The lowest BCUT2D eigenvalue weighted by atomic mass is 9.97. The molecule has 2 aromatic rings. The highest BCUT2D eigenvalue weighted by atomic mass is 35.5. The molecule has 1 amide bonds. The molecule has 1 fully saturated rings. The van der Waals surface area contributed by atoms with E-state index < -0.39 is 14.9 Å². The Morgan fingerprint density at radius 2 is 1.93 bits per heavy atom. The van der Waals surface area contributed by atoms with Crippen molar-refractivity contribution in [3.05, 3.63) is 57.6 Å². The van der Waals surface area contributed by atoms with Gasteiger partial charge in [0.2, 0.25) is 15.9 Å². The molecule has 9 nitrogen and oxygen atoms in total. The zero-order valence-electron chi connectivity index (χ0n) is 16.1. The second-order valence-corrected chi connectivity index (χ2v) is 9.08. The van der Waals surface area contributed by atoms with Gasteiger partial charge < -0.3 is 10.1 Å². The standard InChI is InChI=1S/C19H20ClN3O6S/c1-29-16-4-2-3-14(11-16)21-19(24)13-7-9-22(10-8-13)30(27,28)18-12-15(23(25)26)5-6-17(18)20/h2-6,11-13H,7-10H2,1H3,(H,21,24). The number of nitrogens with one attached hydrogen (secondary N) is 1. The first kappa shape index (κ1) is 22.0. The van der Waals surface area contributed by atoms with E-state index in [1.807, 2.05) is 0 Å². The molecular formula is C19H20ClN3O6S. The summed E-state index contributed by atoms with van der Waals surface area (Å²) in [5.74, 6) is 0.0551. The monoisotopic (exact) mass is 453 g/mol. The average Bonchev–Trinajstić information content (AvgIpc) is 2.74. The number of nitro groups is 1. The second-order valence-electron chi connectivity index (χ2n) is 6.77. The molecule has 0 aromatic heterocycles. The van der Waals surface area contributed by atoms with E-state index in [0.717, 1.165) is 12.1 Å². The van der Waals surface area contributed by atoms with Gasteiger partial charge in [-0.05, 0) is 31.0 Å². The highest BCUT2D eigenvalue weighted by Gasteiger charge is 2.34. The number of ether oxygens (including phenoxy) is 1. The summed E-state index contributed by atoms with van der Waals surface area (Å²) in [4.78, 5) is 22.5. The summed E-state index contributed by atoms with van der Waals surface area (Å²) < 4.78 is 32.2. The van der Waals surface area contributed by atoms with Crippen molar-refractivity contribution < 1.29 is 22.9 Å². The summed E-state index contributed by atoms with van der Waals surface area (Å²) >= 11 is 6.00. The Kier molecular flexibility index (Phi) is 6.59. The van der Waals surface area contributed by atoms with Crippen LogP contribution in [0.2, 0.25) is 5.02 Å². The van der Waals surface area contributed by atoms with Gasteiger partial charge in [-0.15, -0.1) is 0 Å². The zero-order valence-corrected chi connectivity index (χ0v) is 17.6. The summed E-state index contributed by atoms with van der Waals surface area (Å²) in [6, 6.07) is 10.3. The molecule has 3 rings (SSSR count). The van der Waals surface area contributed by atoms with Crippen molar-refractivity contribution in [1.82, 2.24) is 4.31 Å². The van der Waals surface area contributed by atoms with Gasteiger partial charge in [0.1, 0.15) is 10.6 Å². The van der Waals surface area contributed by atoms with Crippen molar-refractivity contribution in [2.24, 2.45) is 5.92 Å². The lowest BCUT2D eigenvalue weighted by Crippen LogP contribution is -2.41. The van der Waals surface area contributed by atoms with E-state index in [9.17, 15) is 23.3 Å². The van der Waals surface area contributed by atoms with E-state index >= 15 is 0 Å². The quantitative estimate of drug-likeness (QED) is 0.529. The summed E-state index contributed by atoms with van der Waals surface area (Å²) in [6.07, 6.45) is 0.642. The number of anilines is 1. The van der Waals surface area contributed by atoms with Crippen LogP contribution in [0.1, 0.15) is 12.8 Å². The maximum atomic E-state index is 12.9. The maximum Gasteiger partial charge on any atom is 0.270 e. The predicted molar refractivity (Wildman–Crippen MR) is 111 cm³/mol. The fourth-order valence-corrected chi connectivity index (χ4v) is 5.21. The highest BCUT2D eigenvalue weighted by molar-refractivity contribution is 7.89. The van der Waals surface area contributed by atoms with Crippen LogP contribution in [0, 0.1) is 16.0 Å². The van der Waals surface area contributed by atoms with Crippen molar-refractivity contribution in [2.75, 3.05) is 25.5 Å². The van der Waals surface area contributed by atoms with Crippen LogP contribution in [-0.2, 0) is 14.8 Å². The molecular weight excluding hydrogens is 434 g/mol. The van der Waals surface area contributed by atoms with Gasteiger partial charge in [-0.25, -0.2) is 8.42 Å². The minimum absolute atomic E-state index is 0.0847. The predicted octanol–water partition coefficient (Wildman–Crippen LogP) is 3.30. The number of non-ortho nitro benzene ring substituents is 1. The van der Waals surface area contributed by atoms with Crippen molar-refractivity contribution in [3.8, 4) is 5.75 Å². The number of methoxy groups -OCH3 is 1. The van der Waals surface area contributed by atoms with Crippen LogP contribution >= 0.6 is 11.6 Å². The molecule has 0 unspecified atom stereocenters. The van der Waals surface area contributed by atoms with E-state index in [0.29, 0.717) is 24.3 Å². The number of carbonyl (C=O) groups excluding carboxylic acids is 1. The first-order valence-electron chi connectivity index (χ1n) is 9.11. The average molecular weight is 454 g/mol. The maximum absolute atomic E-state index is 12.9. The van der Waals surface area contributed by atoms with Gasteiger partial charge in [0, 0.05) is 42.9 Å². The zero-order chi connectivity index (χ0) is 21.9. The molecule has 11 heteroatoms. The lowest BCUT2D eigenvalue weighted by Gasteiger charge is -2.30. The van der Waals surface area contributed by atoms with Gasteiger partial charge in [-0.2, -0.15) is 4.31 Å². The Morgan fingerprint density at radius 3 is 2.57 bits per heavy atom. The van der Waals surface area contributed by atoms with Crippen molar-refractivity contribution in [1.29, 1.82) is 0 Å². The largest absolute Gasteiger partial charge is 0.497 e. The normalized spacial score (nSPS) is 15.5. The van der Waals surface area contributed by atoms with Crippen molar-refractivity contribution in [3.63, 3.8) is 0 Å². The number of halogens is 1. The molecule has 0 radical (unpaired) electrons. The molecule has 160 valence electrons. The van der Waals surface area contributed by atoms with Crippen LogP contribution in [0.5, 0.6) is 5.75 Å². The molecule has 0 aliphatic carbocycles. The minimum Gasteiger partial charge on any atom is -0.497 e. The molecule has 30 heavy (non-hydrogen) atoms. The van der Waals surface area contributed by atoms with Crippen LogP contribution in [0.4, 0.5) is 11.4 Å². The van der Waals surface area contributed by atoms with Crippen LogP contribution in [0.25, 0.3) is 0 Å². The van der Waals surface area contributed by atoms with Crippen LogP contribution in [0.15, 0.2) is 47.4 Å². The number of benzene rings is 2. The number of sulfonamides is 1. The Hall–Kier alpha value is -2.69. The number of hydrogen-bond acceptors (Lipinski definition) is 6. The molecule has 1 saturated heterocycles. The molecule has 1 heterocycles. The third kappa shape index (κ3) is 4.72. The number of carbonyl (C=O) groups is 1. The topological polar surface area (TPSA) is 119 Å². The second kappa shape index (κ2) is 8.99. The first-order chi connectivity index (χ1) is 14.2. The van der Waals surface area contributed by atoms with Crippen LogP contribution in [0.3, 0.4) is 0 Å². The molecule has 1 aliphatic heterocycles. The van der Waals surface area contributed by atoms with E-state index in [1.165, 1.54) is 17.5 Å². The minimum atomic E-state index is -4.02. The first-order valence-corrected chi connectivity index (χ1v) is 10.9. The summed E-state index contributed by atoms with van der Waals surface area (Å²) in [5, 5.41) is 13.7. The number of piperidine rings is 1. The molecule has 1 N–H and O–H groups in total. The fraction of sp³-hybridized carbons (Fsp3) is 0.316. The molecule has 1 aliphatic rings. The fourth-order valence-electron chi connectivity index (χ4n) is 3.25. The summed E-state index contributed by atoms with van der Waals surface area (Å²) in [6.45, 7) is 0.217. The van der Waals surface area contributed by atoms with E-state index in [4.69, 9.17) is 16.3 Å². The molecule has 0 atom stereocenters. The third-order valence-electron chi connectivity index (χ3n) is 4.91. The van der Waals surface area contributed by atoms with E-state index in [2.05, 4.69) is 5.32 Å². The number of nitro benzene ring substituents is 1. The number of nitrogens with zero attached hydrogens (tertiary/aromatic N) is 2. The van der Waals surface area contributed by atoms with Gasteiger partial charge in [0.05, 0.1) is 17.1 Å². The number of amides is 1. The Balaban J connectivity index is 1.68. The Labute approximate surface area is 178 Å². The third-order valence-corrected chi connectivity index (χ3v) is 7.29. The highest BCUT2D eigenvalue weighted by Crippen LogP contribution is 2.31. The molecule has 0 bridgehead atoms. The number of hydrogen-bond donors (Lipinski definition) is 1. The van der Waals surface area contributed by atoms with E-state index in [1.54, 1.807) is 24.3 Å². The Morgan fingerprint density at radius 1 is 1.23 bits per heavy atom. The van der Waals surface area contributed by atoms with Crippen molar-refractivity contribution in [2.45, 2.75) is 17.7 Å². The SMILES string of the molecule is COc1cccc(NC(=O)C2CCN(S(=O)(=O)c3cc([N+](=O)[O-])ccc3Cl)CC2)c1. The van der Waals surface area contributed by atoms with E-state index in [-0.39, 0.29) is 40.5 Å². The summed E-state index contributed by atoms with van der Waals surface area (Å²) in [5.41, 5.74) is 0.239. The molecule has 0 saturated carbocycles. The smallest absolute Gasteiger partial charge is 0.270 e. The lowest BCUT2D eigenvalue weighted by molar-refractivity contribution is -0.385. The van der Waals surface area contributed by atoms with Gasteiger partial charge in [0.15, 0.2) is 0 Å². The van der Waals surface area contributed by atoms with Gasteiger partial charge in [-0.1, -0.05) is 17.7 Å². The van der Waals surface area contributed by atoms with Crippen LogP contribution in [-0.4, -0.2) is 43.8 Å². The van der Waals surface area contributed by atoms with Gasteiger partial charge in [-0.3, -0.25) is 14.9 Å². The molecule has 0 spiro atoms. The number of rotatable bonds is 6.